The average Bonchev–Trinajstić information content (AvgIpc) is 3.49. The van der Waals surface area contributed by atoms with Gasteiger partial charge < -0.3 is 4.42 Å². The predicted molar refractivity (Wildman–Crippen MR) is 127 cm³/mol. The van der Waals surface area contributed by atoms with Crippen molar-refractivity contribution in [2.75, 3.05) is 26.2 Å². The number of rotatable bonds is 6. The third-order valence-corrected chi connectivity index (χ3v) is 8.04. The highest BCUT2D eigenvalue weighted by molar-refractivity contribution is 7.89. The Morgan fingerprint density at radius 3 is 2.32 bits per heavy atom. The molecule has 2 aromatic heterocycles. The minimum absolute atomic E-state index is 0.244. The number of halogens is 1. The van der Waals surface area contributed by atoms with Crippen LogP contribution in [0.5, 0.6) is 0 Å². The van der Waals surface area contributed by atoms with Crippen LogP contribution in [0.1, 0.15) is 0 Å². The zero-order chi connectivity index (χ0) is 23.7. The number of hydrogen-bond donors (Lipinski definition) is 0. The Morgan fingerprint density at radius 2 is 1.65 bits per heavy atom. The molecule has 0 aliphatic carbocycles. The van der Waals surface area contributed by atoms with Gasteiger partial charge >= 0.3 is 0 Å². The zero-order valence-corrected chi connectivity index (χ0v) is 19.8. The summed E-state index contributed by atoms with van der Waals surface area (Å²) < 4.78 is 50.8. The highest BCUT2D eigenvalue weighted by atomic mass is 32.2. The molecule has 0 amide bonds. The third kappa shape index (κ3) is 4.23. The summed E-state index contributed by atoms with van der Waals surface area (Å²) in [5, 5.41) is 4.71. The second-order valence-corrected chi connectivity index (χ2v) is 10.1. The molecule has 1 fully saturated rings. The second kappa shape index (κ2) is 9.26. The van der Waals surface area contributed by atoms with E-state index in [0.29, 0.717) is 36.1 Å². The first-order valence-corrected chi connectivity index (χ1v) is 12.6. The van der Waals surface area contributed by atoms with Crippen LogP contribution in [0.15, 0.2) is 82.3 Å². The van der Waals surface area contributed by atoms with Gasteiger partial charge in [0.05, 0.1) is 18.6 Å². The summed E-state index contributed by atoms with van der Waals surface area (Å²) in [7, 11) is -3.89. The van der Waals surface area contributed by atoms with E-state index in [4.69, 9.17) is 21.7 Å². The van der Waals surface area contributed by atoms with Gasteiger partial charge in [-0.15, -0.1) is 5.10 Å². The van der Waals surface area contributed by atoms with E-state index in [9.17, 15) is 12.8 Å². The van der Waals surface area contributed by atoms with Gasteiger partial charge in [0.25, 0.3) is 0 Å². The molecular formula is C23H22FN5O3S2. The van der Waals surface area contributed by atoms with Crippen LogP contribution >= 0.6 is 12.2 Å². The number of furan rings is 1. The Bertz CT molecular complexity index is 1440. The molecule has 0 spiro atoms. The molecule has 0 atom stereocenters. The van der Waals surface area contributed by atoms with Crippen LogP contribution in [0.4, 0.5) is 4.39 Å². The van der Waals surface area contributed by atoms with Crippen LogP contribution in [0.25, 0.3) is 17.3 Å². The van der Waals surface area contributed by atoms with Gasteiger partial charge in [-0.3, -0.25) is 9.47 Å². The highest BCUT2D eigenvalue weighted by Gasteiger charge is 2.31. The predicted octanol–water partition coefficient (Wildman–Crippen LogP) is 3.77. The first kappa shape index (κ1) is 22.7. The quantitative estimate of drug-likeness (QED) is 0.376. The van der Waals surface area contributed by atoms with Gasteiger partial charge in [0.15, 0.2) is 5.76 Å². The smallest absolute Gasteiger partial charge is 0.246 e. The first-order chi connectivity index (χ1) is 16.4. The molecule has 3 heterocycles. The fraction of sp³-hybridized carbons (Fsp3) is 0.217. The van der Waals surface area contributed by atoms with Crippen molar-refractivity contribution >= 4 is 22.2 Å². The van der Waals surface area contributed by atoms with E-state index in [1.54, 1.807) is 17.0 Å². The summed E-state index contributed by atoms with van der Waals surface area (Å²) in [6.45, 7) is 1.80. The normalized spacial score (nSPS) is 15.6. The molecule has 5 rings (SSSR count). The van der Waals surface area contributed by atoms with Gasteiger partial charge in [-0.1, -0.05) is 30.3 Å². The SMILES string of the molecule is O=S(=O)(c1ccccc1F)N1CCN(Cn2nc(-c3ccco3)n(-c3ccccc3)c2=S)CC1. The lowest BCUT2D eigenvalue weighted by Crippen LogP contribution is -2.49. The Kier molecular flexibility index (Phi) is 6.17. The van der Waals surface area contributed by atoms with Gasteiger partial charge in [-0.2, -0.15) is 4.31 Å². The van der Waals surface area contributed by atoms with E-state index in [1.807, 2.05) is 41.0 Å². The number of piperazine rings is 1. The molecule has 0 radical (unpaired) electrons. The van der Waals surface area contributed by atoms with E-state index in [-0.39, 0.29) is 18.0 Å². The molecule has 0 saturated carbocycles. The van der Waals surface area contributed by atoms with Crippen molar-refractivity contribution < 1.29 is 17.2 Å². The summed E-state index contributed by atoms with van der Waals surface area (Å²) in [6.07, 6.45) is 1.59. The van der Waals surface area contributed by atoms with E-state index >= 15 is 0 Å². The van der Waals surface area contributed by atoms with Gasteiger partial charge in [-0.25, -0.2) is 17.5 Å². The zero-order valence-electron chi connectivity index (χ0n) is 18.1. The van der Waals surface area contributed by atoms with Crippen LogP contribution < -0.4 is 0 Å². The number of hydrogen-bond acceptors (Lipinski definition) is 6. The lowest BCUT2D eigenvalue weighted by molar-refractivity contribution is 0.144. The van der Waals surface area contributed by atoms with Gasteiger partial charge in [0, 0.05) is 26.2 Å². The molecule has 1 saturated heterocycles. The molecule has 2 aromatic carbocycles. The summed E-state index contributed by atoms with van der Waals surface area (Å²) in [5.74, 6) is 0.435. The van der Waals surface area contributed by atoms with Gasteiger partial charge in [0.1, 0.15) is 10.7 Å². The summed E-state index contributed by atoms with van der Waals surface area (Å²) >= 11 is 5.75. The van der Waals surface area contributed by atoms with Gasteiger partial charge in [-0.05, 0) is 48.6 Å². The average molecular weight is 500 g/mol. The number of nitrogens with zero attached hydrogens (tertiary/aromatic N) is 5. The summed E-state index contributed by atoms with van der Waals surface area (Å²) in [4.78, 5) is 1.77. The Balaban J connectivity index is 1.36. The van der Waals surface area contributed by atoms with Crippen molar-refractivity contribution in [3.05, 3.63) is 83.6 Å². The van der Waals surface area contributed by atoms with Crippen LogP contribution in [-0.4, -0.2) is 58.1 Å². The molecule has 0 N–H and O–H groups in total. The molecule has 1 aliphatic rings. The Hall–Kier alpha value is -3.12. The molecule has 0 bridgehead atoms. The fourth-order valence-electron chi connectivity index (χ4n) is 3.97. The largest absolute Gasteiger partial charge is 0.461 e. The maximum atomic E-state index is 14.1. The lowest BCUT2D eigenvalue weighted by atomic mass is 10.3. The van der Waals surface area contributed by atoms with E-state index < -0.39 is 15.8 Å². The molecule has 8 nitrogen and oxygen atoms in total. The maximum absolute atomic E-state index is 14.1. The molecule has 11 heteroatoms. The number of sulfonamides is 1. The molecule has 4 aromatic rings. The minimum Gasteiger partial charge on any atom is -0.461 e. The summed E-state index contributed by atoms with van der Waals surface area (Å²) in [5.41, 5.74) is 0.867. The number of para-hydroxylation sites is 1. The molecule has 34 heavy (non-hydrogen) atoms. The van der Waals surface area contributed by atoms with Crippen molar-refractivity contribution in [1.29, 1.82) is 0 Å². The molecular weight excluding hydrogens is 477 g/mol. The number of benzene rings is 2. The van der Waals surface area contributed by atoms with Crippen LogP contribution in [0.3, 0.4) is 0 Å². The van der Waals surface area contributed by atoms with Crippen molar-refractivity contribution in [3.8, 4) is 17.3 Å². The lowest BCUT2D eigenvalue weighted by Gasteiger charge is -2.33. The number of aromatic nitrogens is 3. The monoisotopic (exact) mass is 499 g/mol. The maximum Gasteiger partial charge on any atom is 0.246 e. The minimum atomic E-state index is -3.89. The standard InChI is InChI=1S/C23H22FN5O3S2/c24-19-9-4-5-11-21(19)34(30,31)27-14-12-26(13-15-27)17-28-23(33)29(18-7-2-1-3-8-18)22(25-28)20-10-6-16-32-20/h1-11,16H,12-15,17H2. The molecule has 0 unspecified atom stereocenters. The van der Waals surface area contributed by atoms with E-state index in [1.165, 1.54) is 22.5 Å². The summed E-state index contributed by atoms with van der Waals surface area (Å²) in [6, 6.07) is 18.7. The van der Waals surface area contributed by atoms with E-state index in [0.717, 1.165) is 11.8 Å². The third-order valence-electron chi connectivity index (χ3n) is 5.71. The topological polar surface area (TPSA) is 76.5 Å². The van der Waals surface area contributed by atoms with Crippen LogP contribution in [0.2, 0.25) is 0 Å². The van der Waals surface area contributed by atoms with Gasteiger partial charge in [0.2, 0.25) is 20.6 Å². The van der Waals surface area contributed by atoms with Crippen LogP contribution in [0, 0.1) is 10.6 Å². The second-order valence-electron chi connectivity index (χ2n) is 7.85. The van der Waals surface area contributed by atoms with Crippen molar-refractivity contribution in [2.24, 2.45) is 0 Å². The van der Waals surface area contributed by atoms with E-state index in [2.05, 4.69) is 4.90 Å². The molecule has 176 valence electrons. The molecule has 1 aliphatic heterocycles. The van der Waals surface area contributed by atoms with Crippen molar-refractivity contribution in [3.63, 3.8) is 0 Å². The fourth-order valence-corrected chi connectivity index (χ4v) is 5.75. The van der Waals surface area contributed by atoms with Crippen LogP contribution in [-0.2, 0) is 16.7 Å². The first-order valence-electron chi connectivity index (χ1n) is 10.7. The highest BCUT2D eigenvalue weighted by Crippen LogP contribution is 2.24. The Labute approximate surface area is 201 Å². The van der Waals surface area contributed by atoms with Crippen molar-refractivity contribution in [2.45, 2.75) is 11.6 Å². The Morgan fingerprint density at radius 1 is 0.941 bits per heavy atom. The van der Waals surface area contributed by atoms with Crippen molar-refractivity contribution in [1.82, 2.24) is 23.6 Å².